The Morgan fingerprint density at radius 2 is 0.938 bits per heavy atom. The number of alkyl halides is 2. The Kier molecular flexibility index (Phi) is 6.36. The summed E-state index contributed by atoms with van der Waals surface area (Å²) in [6.07, 6.45) is 1.09. The molecular formula is C10H8Cl6. The summed E-state index contributed by atoms with van der Waals surface area (Å²) in [6.45, 7) is 0. The molecule has 90 valence electrons. The minimum absolute atomic E-state index is 0.313. The maximum Gasteiger partial charge on any atom is 0.0785 e. The molecule has 0 N–H and O–H groups in total. The molecule has 0 saturated carbocycles. The zero-order valence-corrected chi connectivity index (χ0v) is 12.6. The molecule has 0 nitrogen and oxygen atoms in total. The van der Waals surface area contributed by atoms with E-state index in [1.807, 2.05) is 0 Å². The van der Waals surface area contributed by atoms with Crippen molar-refractivity contribution in [3.8, 4) is 0 Å². The van der Waals surface area contributed by atoms with E-state index in [2.05, 4.69) is 0 Å². The van der Waals surface area contributed by atoms with E-state index in [0.717, 1.165) is 11.1 Å². The van der Waals surface area contributed by atoms with E-state index in [-0.39, 0.29) is 0 Å². The lowest BCUT2D eigenvalue weighted by atomic mass is 10.1. The third-order valence-corrected chi connectivity index (χ3v) is 4.37. The highest BCUT2D eigenvalue weighted by molar-refractivity contribution is 6.50. The summed E-state index contributed by atoms with van der Waals surface area (Å²) in [5.74, 6) is 0.829. The molecule has 0 saturated heterocycles. The topological polar surface area (TPSA) is 0 Å². The van der Waals surface area contributed by atoms with Crippen LogP contribution in [0.4, 0.5) is 0 Å². The molecule has 0 heterocycles. The van der Waals surface area contributed by atoms with Crippen LogP contribution in [-0.4, -0.2) is 11.8 Å². The van der Waals surface area contributed by atoms with Gasteiger partial charge in [-0.15, -0.1) is 23.2 Å². The van der Waals surface area contributed by atoms with Crippen LogP contribution in [0.2, 0.25) is 20.1 Å². The number of hydrogen-bond donors (Lipinski definition) is 0. The second-order valence-corrected chi connectivity index (χ2v) is 5.36. The summed E-state index contributed by atoms with van der Waals surface area (Å²) in [4.78, 5) is 0. The van der Waals surface area contributed by atoms with Gasteiger partial charge in [0.2, 0.25) is 0 Å². The third-order valence-electron chi connectivity index (χ3n) is 2.13. The quantitative estimate of drug-likeness (QED) is 0.365. The Morgan fingerprint density at radius 1 is 0.562 bits per heavy atom. The summed E-state index contributed by atoms with van der Waals surface area (Å²) < 4.78 is 0. The first kappa shape index (κ1) is 15.0. The van der Waals surface area contributed by atoms with Crippen LogP contribution in [0.25, 0.3) is 0 Å². The van der Waals surface area contributed by atoms with Crippen LogP contribution in [-0.2, 0) is 12.8 Å². The number of hydrogen-bond acceptors (Lipinski definition) is 0. The Balaban J connectivity index is 3.39. The van der Waals surface area contributed by atoms with E-state index in [9.17, 15) is 0 Å². The molecule has 1 rings (SSSR count). The first-order chi connectivity index (χ1) is 7.54. The molecule has 0 atom stereocenters. The lowest BCUT2D eigenvalue weighted by Crippen LogP contribution is -1.98. The van der Waals surface area contributed by atoms with Crippen molar-refractivity contribution in [3.63, 3.8) is 0 Å². The number of halogens is 6. The Bertz CT molecular complexity index is 354. The van der Waals surface area contributed by atoms with Crippen LogP contribution < -0.4 is 0 Å². The molecular weight excluding hydrogens is 333 g/mol. The van der Waals surface area contributed by atoms with Crippen molar-refractivity contribution in [1.29, 1.82) is 0 Å². The molecule has 0 aliphatic carbocycles. The van der Waals surface area contributed by atoms with Crippen molar-refractivity contribution >= 4 is 69.6 Å². The monoisotopic (exact) mass is 338 g/mol. The molecule has 0 aliphatic rings. The second kappa shape index (κ2) is 6.78. The SMILES string of the molecule is ClCCc1c(Cl)c(Cl)c(Cl)c(CCCl)c1Cl. The summed E-state index contributed by atoms with van der Waals surface area (Å²) in [5, 5.41) is 1.57. The van der Waals surface area contributed by atoms with Crippen LogP contribution in [0.5, 0.6) is 0 Å². The van der Waals surface area contributed by atoms with Gasteiger partial charge >= 0.3 is 0 Å². The molecule has 1 aromatic carbocycles. The van der Waals surface area contributed by atoms with Crippen LogP contribution in [0, 0.1) is 0 Å². The maximum absolute atomic E-state index is 6.20. The van der Waals surface area contributed by atoms with Crippen molar-refractivity contribution in [2.45, 2.75) is 12.8 Å². The van der Waals surface area contributed by atoms with Gasteiger partial charge in [-0.3, -0.25) is 0 Å². The van der Waals surface area contributed by atoms with Crippen molar-refractivity contribution in [2.75, 3.05) is 11.8 Å². The molecule has 1 aromatic rings. The molecule has 0 bridgehead atoms. The van der Waals surface area contributed by atoms with Crippen LogP contribution in [0.1, 0.15) is 11.1 Å². The highest BCUT2D eigenvalue weighted by Crippen LogP contribution is 2.41. The van der Waals surface area contributed by atoms with E-state index >= 15 is 0 Å². The third kappa shape index (κ3) is 3.04. The minimum atomic E-state index is 0.313. The standard InChI is InChI=1S/C10H8Cl6/c11-3-1-5-7(13)6(2-4-12)9(15)10(16)8(5)14/h1-4H2. The van der Waals surface area contributed by atoms with Gasteiger partial charge < -0.3 is 0 Å². The van der Waals surface area contributed by atoms with Gasteiger partial charge in [0, 0.05) is 11.8 Å². The van der Waals surface area contributed by atoms with E-state index < -0.39 is 0 Å². The second-order valence-electron chi connectivity index (χ2n) is 3.09. The van der Waals surface area contributed by atoms with E-state index in [4.69, 9.17) is 69.6 Å². The first-order valence-electron chi connectivity index (χ1n) is 4.50. The normalized spacial score (nSPS) is 10.9. The highest BCUT2D eigenvalue weighted by atomic mass is 35.5. The maximum atomic E-state index is 6.20. The summed E-state index contributed by atoms with van der Waals surface area (Å²) >= 11 is 35.7. The molecule has 0 fully saturated rings. The van der Waals surface area contributed by atoms with Gasteiger partial charge in [-0.2, -0.15) is 0 Å². The largest absolute Gasteiger partial charge is 0.126 e. The van der Waals surface area contributed by atoms with Crippen LogP contribution >= 0.6 is 69.6 Å². The van der Waals surface area contributed by atoms with E-state index in [1.165, 1.54) is 0 Å². The van der Waals surface area contributed by atoms with Gasteiger partial charge in [0.25, 0.3) is 0 Å². The fourth-order valence-electron chi connectivity index (χ4n) is 1.36. The predicted molar refractivity (Wildman–Crippen MR) is 75.3 cm³/mol. The summed E-state index contributed by atoms with van der Waals surface area (Å²) in [7, 11) is 0. The Hall–Kier alpha value is 0.960. The zero-order valence-electron chi connectivity index (χ0n) is 8.10. The van der Waals surface area contributed by atoms with Crippen LogP contribution in [0.15, 0.2) is 0 Å². The molecule has 0 radical (unpaired) electrons. The lowest BCUT2D eigenvalue weighted by Gasteiger charge is -2.14. The van der Waals surface area contributed by atoms with Gasteiger partial charge in [0.05, 0.1) is 20.1 Å². The minimum Gasteiger partial charge on any atom is -0.126 e. The fourth-order valence-corrected chi connectivity index (χ4v) is 3.06. The molecule has 0 unspecified atom stereocenters. The lowest BCUT2D eigenvalue weighted by molar-refractivity contribution is 1.10. The highest BCUT2D eigenvalue weighted by Gasteiger charge is 2.19. The summed E-state index contributed by atoms with van der Waals surface area (Å²) in [5.41, 5.74) is 1.46. The number of rotatable bonds is 4. The fraction of sp³-hybridized carbons (Fsp3) is 0.400. The molecule has 16 heavy (non-hydrogen) atoms. The zero-order chi connectivity index (χ0) is 12.3. The number of benzene rings is 1. The smallest absolute Gasteiger partial charge is 0.0785 e. The van der Waals surface area contributed by atoms with E-state index in [0.29, 0.717) is 44.7 Å². The van der Waals surface area contributed by atoms with Gasteiger partial charge in [-0.1, -0.05) is 46.4 Å². The Labute approximate surface area is 125 Å². The van der Waals surface area contributed by atoms with Gasteiger partial charge in [-0.05, 0) is 24.0 Å². The first-order valence-corrected chi connectivity index (χ1v) is 7.08. The van der Waals surface area contributed by atoms with Gasteiger partial charge in [-0.25, -0.2) is 0 Å². The van der Waals surface area contributed by atoms with Gasteiger partial charge in [0.15, 0.2) is 0 Å². The average Bonchev–Trinajstić information content (AvgIpc) is 2.28. The molecule has 0 aromatic heterocycles. The molecule has 6 heteroatoms. The van der Waals surface area contributed by atoms with Gasteiger partial charge in [0.1, 0.15) is 0 Å². The average molecular weight is 341 g/mol. The summed E-state index contributed by atoms with van der Waals surface area (Å²) in [6, 6.07) is 0. The van der Waals surface area contributed by atoms with Crippen molar-refractivity contribution in [1.82, 2.24) is 0 Å². The Morgan fingerprint density at radius 3 is 1.25 bits per heavy atom. The molecule has 0 aliphatic heterocycles. The van der Waals surface area contributed by atoms with Crippen molar-refractivity contribution in [3.05, 3.63) is 31.2 Å². The van der Waals surface area contributed by atoms with Crippen molar-refractivity contribution < 1.29 is 0 Å². The van der Waals surface area contributed by atoms with Crippen LogP contribution in [0.3, 0.4) is 0 Å². The van der Waals surface area contributed by atoms with E-state index in [1.54, 1.807) is 0 Å². The predicted octanol–water partition coefficient (Wildman–Crippen LogP) is 5.86. The molecule has 0 spiro atoms. The van der Waals surface area contributed by atoms with Crippen molar-refractivity contribution in [2.24, 2.45) is 0 Å². The molecule has 0 amide bonds.